The van der Waals surface area contributed by atoms with Crippen molar-refractivity contribution in [2.45, 2.75) is 25.9 Å². The Morgan fingerprint density at radius 1 is 1.71 bits per heavy atom. The summed E-state index contributed by atoms with van der Waals surface area (Å²) < 4.78 is 0. The van der Waals surface area contributed by atoms with Gasteiger partial charge in [0.2, 0.25) is 0 Å². The molecule has 0 spiro atoms. The van der Waals surface area contributed by atoms with Crippen molar-refractivity contribution in [3.8, 4) is 12.3 Å². The minimum absolute atomic E-state index is 0.0130. The van der Waals surface area contributed by atoms with Gasteiger partial charge in [-0.05, 0) is 25.5 Å². The molecule has 0 atom stereocenters. The summed E-state index contributed by atoms with van der Waals surface area (Å²) in [7, 11) is 0. The predicted octanol–water partition coefficient (Wildman–Crippen LogP) is 0.677. The molecule has 0 fully saturated rings. The van der Waals surface area contributed by atoms with E-state index in [9.17, 15) is 0 Å². The Labute approximate surface area is 101 Å². The van der Waals surface area contributed by atoms with Crippen LogP contribution in [0.3, 0.4) is 0 Å². The topological polar surface area (TPSA) is 83.5 Å². The fourth-order valence-electron chi connectivity index (χ4n) is 1.23. The molecule has 0 radical (unpaired) electrons. The first-order valence-corrected chi connectivity index (χ1v) is 5.15. The molecule has 1 rings (SSSR count). The highest BCUT2D eigenvalue weighted by Crippen LogP contribution is 2.08. The molecule has 0 saturated carbocycles. The van der Waals surface area contributed by atoms with Crippen molar-refractivity contribution >= 4 is 5.84 Å². The Balaban J connectivity index is 2.89. The Kier molecular flexibility index (Phi) is 4.07. The monoisotopic (exact) mass is 232 g/mol. The maximum atomic E-state index is 8.66. The number of nitrogens with two attached hydrogens (primary N) is 1. The molecule has 0 aliphatic heterocycles. The average molecular weight is 232 g/mol. The second-order valence-corrected chi connectivity index (χ2v) is 4.12. The van der Waals surface area contributed by atoms with Crippen LogP contribution in [0.4, 0.5) is 0 Å². The lowest BCUT2D eigenvalue weighted by Gasteiger charge is -2.20. The van der Waals surface area contributed by atoms with Crippen LogP contribution in [0.5, 0.6) is 0 Å². The first-order valence-electron chi connectivity index (χ1n) is 5.15. The van der Waals surface area contributed by atoms with Gasteiger partial charge in [0.15, 0.2) is 5.84 Å². The molecule has 90 valence electrons. The summed E-state index contributed by atoms with van der Waals surface area (Å²) >= 11 is 0. The van der Waals surface area contributed by atoms with E-state index >= 15 is 0 Å². The normalized spacial score (nSPS) is 12.2. The van der Waals surface area contributed by atoms with E-state index < -0.39 is 5.54 Å². The Hall–Kier alpha value is -2.06. The first-order chi connectivity index (χ1) is 8.00. The molecule has 1 aromatic heterocycles. The van der Waals surface area contributed by atoms with Crippen molar-refractivity contribution in [2.24, 2.45) is 10.9 Å². The van der Waals surface area contributed by atoms with E-state index in [1.54, 1.807) is 12.3 Å². The van der Waals surface area contributed by atoms with Crippen LogP contribution in [0, 0.1) is 12.3 Å². The number of hydrogen-bond donors (Lipinski definition) is 3. The van der Waals surface area contributed by atoms with E-state index in [2.05, 4.69) is 21.4 Å². The number of nitrogens with zero attached hydrogens (tertiary/aromatic N) is 2. The van der Waals surface area contributed by atoms with Crippen LogP contribution in [-0.4, -0.2) is 21.6 Å². The summed E-state index contributed by atoms with van der Waals surface area (Å²) in [6.07, 6.45) is 6.96. The number of aromatic nitrogens is 1. The number of nitrogens with one attached hydrogen (secondary N) is 1. The number of amidine groups is 1. The number of pyridine rings is 1. The lowest BCUT2D eigenvalue weighted by molar-refractivity contribution is 0.318. The molecule has 0 amide bonds. The van der Waals surface area contributed by atoms with Gasteiger partial charge in [-0.3, -0.25) is 10.3 Å². The highest BCUT2D eigenvalue weighted by atomic mass is 16.4. The Bertz CT molecular complexity index is 460. The van der Waals surface area contributed by atoms with Crippen molar-refractivity contribution in [2.75, 3.05) is 0 Å². The summed E-state index contributed by atoms with van der Waals surface area (Å²) in [6, 6.07) is 3.63. The highest BCUT2D eigenvalue weighted by molar-refractivity contribution is 5.96. The Morgan fingerprint density at radius 3 is 3.00 bits per heavy atom. The largest absolute Gasteiger partial charge is 0.409 e. The molecule has 1 aromatic rings. The van der Waals surface area contributed by atoms with Gasteiger partial charge in [-0.15, -0.1) is 6.42 Å². The first kappa shape index (κ1) is 13.0. The molecule has 0 aliphatic carbocycles. The van der Waals surface area contributed by atoms with Crippen LogP contribution in [0.15, 0.2) is 23.5 Å². The molecule has 1 heterocycles. The van der Waals surface area contributed by atoms with E-state index in [4.69, 9.17) is 17.4 Å². The Morgan fingerprint density at radius 2 is 2.41 bits per heavy atom. The second kappa shape index (κ2) is 5.32. The zero-order valence-electron chi connectivity index (χ0n) is 9.94. The van der Waals surface area contributed by atoms with Crippen molar-refractivity contribution in [3.63, 3.8) is 0 Å². The van der Waals surface area contributed by atoms with Gasteiger partial charge < -0.3 is 10.9 Å². The van der Waals surface area contributed by atoms with Crippen LogP contribution < -0.4 is 11.1 Å². The van der Waals surface area contributed by atoms with Gasteiger partial charge >= 0.3 is 0 Å². The summed E-state index contributed by atoms with van der Waals surface area (Å²) in [5.41, 5.74) is 6.40. The summed E-state index contributed by atoms with van der Waals surface area (Å²) in [5.74, 6) is 2.62. The third-order valence-electron chi connectivity index (χ3n) is 2.32. The lowest BCUT2D eigenvalue weighted by Crippen LogP contribution is -2.37. The van der Waals surface area contributed by atoms with Crippen LogP contribution in [0.1, 0.15) is 25.1 Å². The molecule has 0 aromatic carbocycles. The van der Waals surface area contributed by atoms with Crippen LogP contribution >= 0.6 is 0 Å². The number of hydrogen-bond acceptors (Lipinski definition) is 4. The standard InChI is InChI=1S/C12H16N4O/c1-4-12(2,3)15-8-9-6-5-7-14-10(9)11(13)16-17/h1,5-7,15,17H,8H2,2-3H3,(H2,13,16). The van der Waals surface area contributed by atoms with Gasteiger partial charge in [-0.2, -0.15) is 0 Å². The van der Waals surface area contributed by atoms with Crippen LogP contribution in [0.25, 0.3) is 0 Å². The van der Waals surface area contributed by atoms with Gasteiger partial charge in [0.25, 0.3) is 0 Å². The van der Waals surface area contributed by atoms with Gasteiger partial charge in [0, 0.05) is 12.7 Å². The van der Waals surface area contributed by atoms with Crippen molar-refractivity contribution < 1.29 is 5.21 Å². The fourth-order valence-corrected chi connectivity index (χ4v) is 1.23. The van der Waals surface area contributed by atoms with Crippen LogP contribution in [-0.2, 0) is 6.54 Å². The number of rotatable bonds is 4. The van der Waals surface area contributed by atoms with E-state index in [0.717, 1.165) is 5.56 Å². The minimum Gasteiger partial charge on any atom is -0.409 e. The molecule has 4 N–H and O–H groups in total. The summed E-state index contributed by atoms with van der Waals surface area (Å²) in [5, 5.41) is 14.8. The van der Waals surface area contributed by atoms with Crippen molar-refractivity contribution in [1.29, 1.82) is 0 Å². The van der Waals surface area contributed by atoms with Gasteiger partial charge in [0.05, 0.1) is 5.54 Å². The lowest BCUT2D eigenvalue weighted by atomic mass is 10.1. The molecule has 0 aliphatic rings. The SMILES string of the molecule is C#CC(C)(C)NCc1cccnc1/C(N)=N/O. The fraction of sp³-hybridized carbons (Fsp3) is 0.333. The van der Waals surface area contributed by atoms with Gasteiger partial charge in [-0.1, -0.05) is 17.1 Å². The number of terminal acetylenes is 1. The molecule has 0 bridgehead atoms. The molecule has 5 heteroatoms. The average Bonchev–Trinajstić information content (AvgIpc) is 2.36. The molecule has 17 heavy (non-hydrogen) atoms. The second-order valence-electron chi connectivity index (χ2n) is 4.12. The third-order valence-corrected chi connectivity index (χ3v) is 2.32. The zero-order valence-corrected chi connectivity index (χ0v) is 9.94. The maximum absolute atomic E-state index is 8.66. The predicted molar refractivity (Wildman–Crippen MR) is 66.5 cm³/mol. The summed E-state index contributed by atoms with van der Waals surface area (Å²) in [4.78, 5) is 4.07. The quantitative estimate of drug-likeness (QED) is 0.234. The van der Waals surface area contributed by atoms with Gasteiger partial charge in [0.1, 0.15) is 5.69 Å². The van der Waals surface area contributed by atoms with Gasteiger partial charge in [-0.25, -0.2) is 0 Å². The highest BCUT2D eigenvalue weighted by Gasteiger charge is 2.14. The van der Waals surface area contributed by atoms with E-state index in [0.29, 0.717) is 12.2 Å². The summed E-state index contributed by atoms with van der Waals surface area (Å²) in [6.45, 7) is 4.29. The van der Waals surface area contributed by atoms with E-state index in [1.807, 2.05) is 19.9 Å². The van der Waals surface area contributed by atoms with Crippen LogP contribution in [0.2, 0.25) is 0 Å². The van der Waals surface area contributed by atoms with E-state index in [-0.39, 0.29) is 5.84 Å². The molecular formula is C12H16N4O. The zero-order chi connectivity index (χ0) is 12.9. The molecule has 0 unspecified atom stereocenters. The molecule has 5 nitrogen and oxygen atoms in total. The molecule has 0 saturated heterocycles. The molecular weight excluding hydrogens is 216 g/mol. The minimum atomic E-state index is -0.418. The number of oxime groups is 1. The maximum Gasteiger partial charge on any atom is 0.189 e. The van der Waals surface area contributed by atoms with Crippen molar-refractivity contribution in [3.05, 3.63) is 29.6 Å². The van der Waals surface area contributed by atoms with Crippen molar-refractivity contribution in [1.82, 2.24) is 10.3 Å². The smallest absolute Gasteiger partial charge is 0.189 e. The third kappa shape index (κ3) is 3.47. The van der Waals surface area contributed by atoms with E-state index in [1.165, 1.54) is 0 Å².